The third-order valence-electron chi connectivity index (χ3n) is 4.01. The smallest absolute Gasteiger partial charge is 0.314 e. The van der Waals surface area contributed by atoms with Crippen molar-refractivity contribution in [1.82, 2.24) is 10.6 Å². The molecule has 3 rings (SSSR count). The van der Waals surface area contributed by atoms with Gasteiger partial charge in [0.2, 0.25) is 0 Å². The molecule has 0 atom stereocenters. The summed E-state index contributed by atoms with van der Waals surface area (Å²) in [6.07, 6.45) is 5.09. The number of urea groups is 1. The third kappa shape index (κ3) is 5.01. The molecule has 0 spiro atoms. The number of carbonyl (C=O) groups is 1. The molecule has 2 aromatic heterocycles. The van der Waals surface area contributed by atoms with Crippen molar-refractivity contribution >= 4 is 6.03 Å². The second-order valence-corrected chi connectivity index (χ2v) is 5.81. The number of hydrogen-bond donors (Lipinski definition) is 2. The molecule has 0 bridgehead atoms. The van der Waals surface area contributed by atoms with Gasteiger partial charge in [-0.3, -0.25) is 0 Å². The van der Waals surface area contributed by atoms with Crippen molar-refractivity contribution in [2.45, 2.75) is 18.8 Å². The monoisotopic (exact) mass is 338 g/mol. The van der Waals surface area contributed by atoms with Crippen molar-refractivity contribution in [3.63, 3.8) is 0 Å². The van der Waals surface area contributed by atoms with E-state index in [-0.39, 0.29) is 11.9 Å². The summed E-state index contributed by atoms with van der Waals surface area (Å²) in [5.41, 5.74) is 1.28. The molecule has 2 amide bonds. The van der Waals surface area contributed by atoms with Gasteiger partial charge < -0.3 is 19.5 Å². The molecule has 0 saturated carbocycles. The number of carbonyl (C=O) groups excluding carboxylic acids is 1. The van der Waals surface area contributed by atoms with Gasteiger partial charge in [0, 0.05) is 13.1 Å². The lowest BCUT2D eigenvalue weighted by molar-refractivity contribution is 0.239. The Morgan fingerprint density at radius 1 is 0.880 bits per heavy atom. The molecular weight excluding hydrogens is 316 g/mol. The predicted octanol–water partition coefficient (Wildman–Crippen LogP) is 3.94. The van der Waals surface area contributed by atoms with Gasteiger partial charge in [-0.25, -0.2) is 4.79 Å². The van der Waals surface area contributed by atoms with Gasteiger partial charge in [0.05, 0.1) is 18.4 Å². The van der Waals surface area contributed by atoms with Gasteiger partial charge in [-0.2, -0.15) is 0 Å². The zero-order valence-electron chi connectivity index (χ0n) is 14.0. The topological polar surface area (TPSA) is 67.4 Å². The van der Waals surface area contributed by atoms with Crippen molar-refractivity contribution < 1.29 is 13.6 Å². The van der Waals surface area contributed by atoms with Crippen LogP contribution < -0.4 is 10.6 Å². The van der Waals surface area contributed by atoms with Crippen molar-refractivity contribution in [3.05, 3.63) is 84.2 Å². The van der Waals surface area contributed by atoms with E-state index in [0.29, 0.717) is 13.1 Å². The number of furan rings is 2. The summed E-state index contributed by atoms with van der Waals surface area (Å²) in [5.74, 6) is 1.39. The first-order valence-electron chi connectivity index (χ1n) is 8.45. The van der Waals surface area contributed by atoms with E-state index in [2.05, 4.69) is 22.8 Å². The Bertz CT molecular complexity index is 702. The fourth-order valence-corrected chi connectivity index (χ4v) is 2.72. The zero-order chi connectivity index (χ0) is 17.3. The largest absolute Gasteiger partial charge is 0.469 e. The maximum Gasteiger partial charge on any atom is 0.314 e. The van der Waals surface area contributed by atoms with Crippen molar-refractivity contribution in [1.29, 1.82) is 0 Å². The summed E-state index contributed by atoms with van der Waals surface area (Å²) in [4.78, 5) is 12.0. The van der Waals surface area contributed by atoms with Crippen LogP contribution in [0.5, 0.6) is 0 Å². The van der Waals surface area contributed by atoms with Crippen LogP contribution in [0.1, 0.15) is 29.4 Å². The summed E-state index contributed by atoms with van der Waals surface area (Å²) in [6, 6.07) is 17.5. The number of amides is 2. The second kappa shape index (κ2) is 8.78. The first-order chi connectivity index (χ1) is 12.3. The lowest BCUT2D eigenvalue weighted by Gasteiger charge is -2.14. The molecule has 2 N–H and O–H groups in total. The Kier molecular flexibility index (Phi) is 5.93. The SMILES string of the molecule is O=C(NCCCc1ccccc1)NCC(c1ccco1)c1ccco1. The number of hydrogen-bond acceptors (Lipinski definition) is 3. The van der Waals surface area contributed by atoms with Crippen molar-refractivity contribution in [2.75, 3.05) is 13.1 Å². The minimum atomic E-state index is -0.184. The highest BCUT2D eigenvalue weighted by atomic mass is 16.3. The Morgan fingerprint density at radius 2 is 1.56 bits per heavy atom. The first kappa shape index (κ1) is 16.9. The van der Waals surface area contributed by atoms with Gasteiger partial charge in [0.1, 0.15) is 11.5 Å². The Hall–Kier alpha value is -2.95. The first-order valence-corrected chi connectivity index (χ1v) is 8.45. The number of nitrogens with one attached hydrogen (secondary N) is 2. The van der Waals surface area contributed by atoms with E-state index in [0.717, 1.165) is 24.4 Å². The summed E-state index contributed by atoms with van der Waals surface area (Å²) < 4.78 is 10.9. The van der Waals surface area contributed by atoms with E-state index in [1.807, 2.05) is 42.5 Å². The molecule has 0 aliphatic carbocycles. The molecule has 0 radical (unpaired) electrons. The van der Waals surface area contributed by atoms with Crippen molar-refractivity contribution in [3.8, 4) is 0 Å². The molecule has 2 heterocycles. The maximum atomic E-state index is 12.0. The lowest BCUT2D eigenvalue weighted by Crippen LogP contribution is -2.38. The fourth-order valence-electron chi connectivity index (χ4n) is 2.72. The van der Waals surface area contributed by atoms with Crippen LogP contribution in [0.25, 0.3) is 0 Å². The Labute approximate surface area is 147 Å². The summed E-state index contributed by atoms with van der Waals surface area (Å²) in [7, 11) is 0. The average Bonchev–Trinajstić information content (AvgIpc) is 3.34. The minimum absolute atomic E-state index is 0.139. The van der Waals surface area contributed by atoms with Crippen molar-refractivity contribution in [2.24, 2.45) is 0 Å². The highest BCUT2D eigenvalue weighted by molar-refractivity contribution is 5.73. The van der Waals surface area contributed by atoms with Crippen LogP contribution in [0.2, 0.25) is 0 Å². The normalized spacial score (nSPS) is 10.8. The molecule has 130 valence electrons. The lowest BCUT2D eigenvalue weighted by atomic mass is 10.0. The number of rotatable bonds is 8. The fraction of sp³-hybridized carbons (Fsp3) is 0.250. The highest BCUT2D eigenvalue weighted by Crippen LogP contribution is 2.24. The number of aryl methyl sites for hydroxylation is 1. The molecule has 1 aromatic carbocycles. The summed E-state index contributed by atoms with van der Waals surface area (Å²) >= 11 is 0. The van der Waals surface area contributed by atoms with Crippen LogP contribution in [0, 0.1) is 0 Å². The van der Waals surface area contributed by atoms with Crippen LogP contribution >= 0.6 is 0 Å². The van der Waals surface area contributed by atoms with Gasteiger partial charge >= 0.3 is 6.03 Å². The van der Waals surface area contributed by atoms with Crippen LogP contribution in [0.15, 0.2) is 76.0 Å². The Balaban J connectivity index is 1.43. The standard InChI is InChI=1S/C20H22N2O3/c23-20(21-12-4-9-16-7-2-1-3-8-16)22-15-17(18-10-5-13-24-18)19-11-6-14-25-19/h1-3,5-8,10-11,13-14,17H,4,9,12,15H2,(H2,21,22,23). The number of benzene rings is 1. The molecule has 0 saturated heterocycles. The summed E-state index contributed by atoms with van der Waals surface area (Å²) in [6.45, 7) is 1.04. The van der Waals surface area contributed by atoms with Crippen LogP contribution in [-0.4, -0.2) is 19.1 Å². The zero-order valence-corrected chi connectivity index (χ0v) is 14.0. The van der Waals surface area contributed by atoms with Gasteiger partial charge in [-0.1, -0.05) is 30.3 Å². The van der Waals surface area contributed by atoms with E-state index in [1.54, 1.807) is 12.5 Å². The molecule has 0 fully saturated rings. The van der Waals surface area contributed by atoms with E-state index in [1.165, 1.54) is 5.56 Å². The van der Waals surface area contributed by atoms with Gasteiger partial charge in [-0.15, -0.1) is 0 Å². The van der Waals surface area contributed by atoms with E-state index < -0.39 is 0 Å². The molecule has 5 nitrogen and oxygen atoms in total. The summed E-state index contributed by atoms with van der Waals surface area (Å²) in [5, 5.41) is 5.78. The van der Waals surface area contributed by atoms with E-state index >= 15 is 0 Å². The third-order valence-corrected chi connectivity index (χ3v) is 4.01. The van der Waals surface area contributed by atoms with Gasteiger partial charge in [0.25, 0.3) is 0 Å². The predicted molar refractivity (Wildman–Crippen MR) is 95.4 cm³/mol. The molecule has 5 heteroatoms. The van der Waals surface area contributed by atoms with E-state index in [9.17, 15) is 4.79 Å². The van der Waals surface area contributed by atoms with Crippen LogP contribution in [0.4, 0.5) is 4.79 Å². The maximum absolute atomic E-state index is 12.0. The molecule has 0 aliphatic heterocycles. The average molecular weight is 338 g/mol. The molecule has 3 aromatic rings. The van der Waals surface area contributed by atoms with Gasteiger partial charge in [0.15, 0.2) is 0 Å². The van der Waals surface area contributed by atoms with E-state index in [4.69, 9.17) is 8.83 Å². The molecule has 25 heavy (non-hydrogen) atoms. The van der Waals surface area contributed by atoms with Gasteiger partial charge in [-0.05, 0) is 42.7 Å². The highest BCUT2D eigenvalue weighted by Gasteiger charge is 2.20. The van der Waals surface area contributed by atoms with Crippen LogP contribution in [-0.2, 0) is 6.42 Å². The quantitative estimate of drug-likeness (QED) is 0.611. The van der Waals surface area contributed by atoms with Crippen LogP contribution in [0.3, 0.4) is 0 Å². The minimum Gasteiger partial charge on any atom is -0.469 e. The second-order valence-electron chi connectivity index (χ2n) is 5.81. The molecule has 0 unspecified atom stereocenters. The Morgan fingerprint density at radius 3 is 2.16 bits per heavy atom. The molecular formula is C20H22N2O3. The molecule has 0 aliphatic rings.